The lowest BCUT2D eigenvalue weighted by Gasteiger charge is -2.19. The van der Waals surface area contributed by atoms with Crippen LogP contribution in [-0.2, 0) is 6.42 Å². The normalized spacial score (nSPS) is 11.1. The summed E-state index contributed by atoms with van der Waals surface area (Å²) in [4.78, 5) is 13.8. The fraction of sp³-hybridized carbons (Fsp3) is 0.208. The van der Waals surface area contributed by atoms with E-state index in [4.69, 9.17) is 17.3 Å². The Labute approximate surface area is 183 Å². The van der Waals surface area contributed by atoms with Crippen molar-refractivity contribution < 1.29 is 13.6 Å². The van der Waals surface area contributed by atoms with Gasteiger partial charge in [-0.1, -0.05) is 44.2 Å². The van der Waals surface area contributed by atoms with Crippen molar-refractivity contribution in [3.63, 3.8) is 0 Å². The van der Waals surface area contributed by atoms with Gasteiger partial charge in [-0.25, -0.2) is 8.78 Å². The number of ketones is 1. The topological polar surface area (TPSA) is 43.1 Å². The molecule has 1 aromatic heterocycles. The third kappa shape index (κ3) is 5.08. The summed E-state index contributed by atoms with van der Waals surface area (Å²) in [6.07, 6.45) is 0.581. The van der Waals surface area contributed by atoms with Gasteiger partial charge in [0.2, 0.25) is 0 Å². The Morgan fingerprint density at radius 1 is 1.07 bits per heavy atom. The molecular formula is C24H20ClF2NOS. The summed E-state index contributed by atoms with van der Waals surface area (Å²) >= 11 is 7.16. The Kier molecular flexibility index (Phi) is 6.30. The van der Waals surface area contributed by atoms with Crippen LogP contribution in [0.5, 0.6) is 0 Å². The molecule has 0 amide bonds. The summed E-state index contributed by atoms with van der Waals surface area (Å²) in [5.41, 5.74) is 8.14. The lowest BCUT2D eigenvalue weighted by molar-refractivity contribution is 0.103. The first-order valence-corrected chi connectivity index (χ1v) is 10.4. The molecule has 0 unspecified atom stereocenters. The van der Waals surface area contributed by atoms with E-state index in [-0.39, 0.29) is 11.2 Å². The Balaban J connectivity index is 2.09. The largest absolute Gasteiger partial charge is 0.390 e. The summed E-state index contributed by atoms with van der Waals surface area (Å²) in [5.74, 6) is 3.78. The van der Waals surface area contributed by atoms with Crippen molar-refractivity contribution in [3.05, 3.63) is 86.3 Å². The second-order valence-corrected chi connectivity index (χ2v) is 9.59. The van der Waals surface area contributed by atoms with Gasteiger partial charge in [0.15, 0.2) is 17.4 Å². The minimum absolute atomic E-state index is 0.124. The lowest BCUT2D eigenvalue weighted by Crippen LogP contribution is -2.14. The Hall–Kier alpha value is -2.68. The smallest absolute Gasteiger partial charge is 0.196 e. The van der Waals surface area contributed by atoms with Gasteiger partial charge in [-0.2, -0.15) is 0 Å². The number of thiophene rings is 1. The molecule has 0 aliphatic rings. The maximum atomic E-state index is 13.5. The first kappa shape index (κ1) is 22.0. The van der Waals surface area contributed by atoms with E-state index in [1.54, 1.807) is 24.3 Å². The van der Waals surface area contributed by atoms with Crippen LogP contribution in [0.25, 0.3) is 0 Å². The molecule has 3 aromatic rings. The third-order valence-electron chi connectivity index (χ3n) is 4.31. The molecule has 30 heavy (non-hydrogen) atoms. The minimum atomic E-state index is -0.957. The lowest BCUT2D eigenvalue weighted by atomic mass is 9.85. The number of nitrogens with two attached hydrogens (primary N) is 1. The maximum Gasteiger partial charge on any atom is 0.196 e. The summed E-state index contributed by atoms with van der Waals surface area (Å²) in [7, 11) is 0. The summed E-state index contributed by atoms with van der Waals surface area (Å²) in [6.45, 7) is 6.18. The van der Waals surface area contributed by atoms with Crippen LogP contribution in [0.3, 0.4) is 0 Å². The summed E-state index contributed by atoms with van der Waals surface area (Å²) in [6, 6.07) is 10.1. The minimum Gasteiger partial charge on any atom is -0.390 e. The van der Waals surface area contributed by atoms with Gasteiger partial charge in [0, 0.05) is 16.1 Å². The van der Waals surface area contributed by atoms with E-state index in [2.05, 4.69) is 32.6 Å². The molecular weight excluding hydrogens is 424 g/mol. The molecule has 2 nitrogen and oxygen atoms in total. The first-order chi connectivity index (χ1) is 14.0. The average molecular weight is 444 g/mol. The molecule has 0 fully saturated rings. The number of benzene rings is 2. The van der Waals surface area contributed by atoms with E-state index < -0.39 is 11.6 Å². The van der Waals surface area contributed by atoms with Crippen LogP contribution in [0.2, 0.25) is 5.02 Å². The molecule has 0 spiro atoms. The van der Waals surface area contributed by atoms with Crippen LogP contribution >= 0.6 is 22.9 Å². The van der Waals surface area contributed by atoms with Gasteiger partial charge in [-0.15, -0.1) is 11.3 Å². The highest BCUT2D eigenvalue weighted by molar-refractivity contribution is 7.17. The molecule has 0 aliphatic heterocycles. The number of hydrogen-bond donors (Lipinski definition) is 1. The second-order valence-electron chi connectivity index (χ2n) is 8.10. The summed E-state index contributed by atoms with van der Waals surface area (Å²) < 4.78 is 26.6. The van der Waals surface area contributed by atoms with Crippen LogP contribution < -0.4 is 5.73 Å². The quantitative estimate of drug-likeness (QED) is 0.371. The van der Waals surface area contributed by atoms with Crippen molar-refractivity contribution in [3.8, 4) is 11.8 Å². The van der Waals surface area contributed by atoms with Gasteiger partial charge in [-0.05, 0) is 59.9 Å². The second kappa shape index (κ2) is 8.59. The monoisotopic (exact) mass is 443 g/mol. The van der Waals surface area contributed by atoms with Crippen molar-refractivity contribution in [2.45, 2.75) is 27.2 Å². The van der Waals surface area contributed by atoms with Crippen LogP contribution in [0.1, 0.15) is 52.7 Å². The predicted molar refractivity (Wildman–Crippen MR) is 119 cm³/mol. The SMILES string of the molecule is CC(C)(C)Cc1c(C#Cc2ccc(F)c(F)c2)sc(N)c1C(=O)c1ccc(Cl)cc1. The molecule has 2 N–H and O–H groups in total. The van der Waals surface area contributed by atoms with E-state index >= 15 is 0 Å². The number of hydrogen-bond acceptors (Lipinski definition) is 3. The Morgan fingerprint density at radius 3 is 2.33 bits per heavy atom. The van der Waals surface area contributed by atoms with Gasteiger partial charge in [-0.3, -0.25) is 4.79 Å². The van der Waals surface area contributed by atoms with Gasteiger partial charge >= 0.3 is 0 Å². The van der Waals surface area contributed by atoms with Crippen LogP contribution in [-0.4, -0.2) is 5.78 Å². The van der Waals surface area contributed by atoms with E-state index in [0.717, 1.165) is 17.7 Å². The Morgan fingerprint density at radius 2 is 1.73 bits per heavy atom. The molecule has 6 heteroatoms. The fourth-order valence-electron chi connectivity index (χ4n) is 2.98. The number of carbonyl (C=O) groups is 1. The van der Waals surface area contributed by atoms with Crippen molar-refractivity contribution in [2.75, 3.05) is 5.73 Å². The predicted octanol–water partition coefficient (Wildman–Crippen LogP) is 6.48. The van der Waals surface area contributed by atoms with Crippen molar-refractivity contribution in [1.29, 1.82) is 0 Å². The molecule has 154 valence electrons. The third-order valence-corrected chi connectivity index (χ3v) is 5.54. The molecule has 0 saturated heterocycles. The highest BCUT2D eigenvalue weighted by Gasteiger charge is 2.26. The number of rotatable bonds is 3. The van der Waals surface area contributed by atoms with Gasteiger partial charge in [0.1, 0.15) is 0 Å². The van der Waals surface area contributed by atoms with Crippen LogP contribution in [0.15, 0.2) is 42.5 Å². The number of anilines is 1. The zero-order chi connectivity index (χ0) is 22.1. The van der Waals surface area contributed by atoms with E-state index in [9.17, 15) is 13.6 Å². The average Bonchev–Trinajstić information content (AvgIpc) is 2.96. The summed E-state index contributed by atoms with van der Waals surface area (Å²) in [5, 5.41) is 0.918. The number of halogens is 3. The highest BCUT2D eigenvalue weighted by atomic mass is 35.5. The van der Waals surface area contributed by atoms with Crippen LogP contribution in [0, 0.1) is 28.9 Å². The zero-order valence-corrected chi connectivity index (χ0v) is 18.3. The van der Waals surface area contributed by atoms with E-state index in [1.165, 1.54) is 17.4 Å². The Bertz CT molecular complexity index is 1160. The van der Waals surface area contributed by atoms with Crippen molar-refractivity contribution >= 4 is 33.7 Å². The molecule has 2 aromatic carbocycles. The number of nitrogen functional groups attached to an aromatic ring is 1. The van der Waals surface area contributed by atoms with Gasteiger partial charge in [0.05, 0.1) is 15.4 Å². The molecule has 3 rings (SSSR count). The van der Waals surface area contributed by atoms with E-state index in [0.29, 0.717) is 38.0 Å². The maximum absolute atomic E-state index is 13.5. The molecule has 0 atom stereocenters. The van der Waals surface area contributed by atoms with Crippen molar-refractivity contribution in [1.82, 2.24) is 0 Å². The van der Waals surface area contributed by atoms with Gasteiger partial charge in [0.25, 0.3) is 0 Å². The highest BCUT2D eigenvalue weighted by Crippen LogP contribution is 2.36. The number of carbonyl (C=O) groups excluding carboxylic acids is 1. The van der Waals surface area contributed by atoms with Crippen molar-refractivity contribution in [2.24, 2.45) is 5.41 Å². The molecule has 0 radical (unpaired) electrons. The molecule has 0 aliphatic carbocycles. The molecule has 0 bridgehead atoms. The van der Waals surface area contributed by atoms with E-state index in [1.807, 2.05) is 0 Å². The molecule has 0 saturated carbocycles. The van der Waals surface area contributed by atoms with Gasteiger partial charge < -0.3 is 5.73 Å². The zero-order valence-electron chi connectivity index (χ0n) is 16.8. The first-order valence-electron chi connectivity index (χ1n) is 9.23. The molecule has 1 heterocycles. The fourth-order valence-corrected chi connectivity index (χ4v) is 4.05. The standard InChI is InChI=1S/C24H20ClF2NOS/c1-24(2,3)13-17-20(11-5-14-4-10-18(26)19(27)12-14)30-23(28)21(17)22(29)15-6-8-16(25)9-7-15/h4,6-10,12H,13,28H2,1-3H3. The van der Waals surface area contributed by atoms with Crippen LogP contribution in [0.4, 0.5) is 13.8 Å².